The number of nitrogens with zero attached hydrogens (tertiary/aromatic N) is 1. The SMILES string of the molecule is CC(C)CNC(=O)C(C)n1ccc2c1CC(C)(C)CC2N. The zero-order valence-corrected chi connectivity index (χ0v) is 13.9. The Morgan fingerprint density at radius 3 is 2.76 bits per heavy atom. The maximum Gasteiger partial charge on any atom is 0.242 e. The number of fused-ring (bicyclic) bond motifs is 1. The largest absolute Gasteiger partial charge is 0.354 e. The number of nitrogens with two attached hydrogens (primary N) is 1. The molecule has 0 bridgehead atoms. The monoisotopic (exact) mass is 291 g/mol. The van der Waals surface area contributed by atoms with E-state index in [9.17, 15) is 4.79 Å². The zero-order chi connectivity index (χ0) is 15.8. The molecule has 0 aliphatic heterocycles. The highest BCUT2D eigenvalue weighted by Gasteiger charge is 2.33. The summed E-state index contributed by atoms with van der Waals surface area (Å²) in [6, 6.07) is 1.98. The van der Waals surface area contributed by atoms with Crippen molar-refractivity contribution in [1.82, 2.24) is 9.88 Å². The molecule has 2 atom stereocenters. The molecule has 1 aromatic heterocycles. The van der Waals surface area contributed by atoms with Gasteiger partial charge in [-0.25, -0.2) is 0 Å². The second kappa shape index (κ2) is 5.84. The Morgan fingerprint density at radius 2 is 2.14 bits per heavy atom. The number of nitrogens with one attached hydrogen (secondary N) is 1. The van der Waals surface area contributed by atoms with E-state index < -0.39 is 0 Å². The number of aromatic nitrogens is 1. The predicted molar refractivity (Wildman–Crippen MR) is 86.0 cm³/mol. The molecule has 0 saturated heterocycles. The third-order valence-electron chi connectivity index (χ3n) is 4.36. The van der Waals surface area contributed by atoms with Crippen LogP contribution in [0.2, 0.25) is 0 Å². The van der Waals surface area contributed by atoms with E-state index in [-0.39, 0.29) is 23.4 Å². The van der Waals surface area contributed by atoms with Gasteiger partial charge in [-0.3, -0.25) is 4.79 Å². The maximum absolute atomic E-state index is 12.3. The molecule has 0 saturated carbocycles. The minimum absolute atomic E-state index is 0.0796. The fraction of sp³-hybridized carbons (Fsp3) is 0.706. The van der Waals surface area contributed by atoms with E-state index in [1.54, 1.807) is 0 Å². The molecule has 0 radical (unpaired) electrons. The van der Waals surface area contributed by atoms with Crippen molar-refractivity contribution in [3.63, 3.8) is 0 Å². The molecule has 4 heteroatoms. The van der Waals surface area contributed by atoms with Crippen molar-refractivity contribution < 1.29 is 4.79 Å². The van der Waals surface area contributed by atoms with Crippen LogP contribution in [0.3, 0.4) is 0 Å². The molecular weight excluding hydrogens is 262 g/mol. The van der Waals surface area contributed by atoms with Crippen LogP contribution >= 0.6 is 0 Å². The molecule has 21 heavy (non-hydrogen) atoms. The Balaban J connectivity index is 2.20. The third kappa shape index (κ3) is 3.49. The summed E-state index contributed by atoms with van der Waals surface area (Å²) < 4.78 is 2.10. The highest BCUT2D eigenvalue weighted by Crippen LogP contribution is 2.40. The van der Waals surface area contributed by atoms with Gasteiger partial charge in [0.1, 0.15) is 6.04 Å². The predicted octanol–water partition coefficient (Wildman–Crippen LogP) is 2.79. The fourth-order valence-corrected chi connectivity index (χ4v) is 3.20. The van der Waals surface area contributed by atoms with E-state index in [1.807, 2.05) is 13.1 Å². The van der Waals surface area contributed by atoms with Crippen molar-refractivity contribution in [2.24, 2.45) is 17.1 Å². The van der Waals surface area contributed by atoms with Crippen LogP contribution in [0, 0.1) is 11.3 Å². The van der Waals surface area contributed by atoms with Crippen LogP contribution in [-0.2, 0) is 11.2 Å². The van der Waals surface area contributed by atoms with Gasteiger partial charge in [-0.1, -0.05) is 27.7 Å². The van der Waals surface area contributed by atoms with Crippen LogP contribution in [-0.4, -0.2) is 17.0 Å². The van der Waals surface area contributed by atoms with Gasteiger partial charge < -0.3 is 15.6 Å². The summed E-state index contributed by atoms with van der Waals surface area (Å²) in [5.74, 6) is 0.547. The molecule has 118 valence electrons. The van der Waals surface area contributed by atoms with E-state index in [0.29, 0.717) is 5.92 Å². The minimum atomic E-state index is -0.186. The topological polar surface area (TPSA) is 60.0 Å². The smallest absolute Gasteiger partial charge is 0.242 e. The van der Waals surface area contributed by atoms with Gasteiger partial charge in [-0.05, 0) is 42.7 Å². The molecular formula is C17H29N3O. The number of carbonyl (C=O) groups is 1. The summed E-state index contributed by atoms with van der Waals surface area (Å²) in [4.78, 5) is 12.3. The van der Waals surface area contributed by atoms with Crippen molar-refractivity contribution in [1.29, 1.82) is 0 Å². The highest BCUT2D eigenvalue weighted by atomic mass is 16.2. The molecule has 0 spiro atoms. The summed E-state index contributed by atoms with van der Waals surface area (Å²) in [7, 11) is 0. The summed E-state index contributed by atoms with van der Waals surface area (Å²) in [5.41, 5.74) is 8.92. The Kier molecular flexibility index (Phi) is 4.47. The van der Waals surface area contributed by atoms with Gasteiger partial charge in [-0.2, -0.15) is 0 Å². The standard InChI is InChI=1S/C17H29N3O/c1-11(2)10-19-16(21)12(3)20-7-6-13-14(18)8-17(4,5)9-15(13)20/h6-7,11-12,14H,8-10,18H2,1-5H3,(H,19,21). The first-order chi connectivity index (χ1) is 9.71. The van der Waals surface area contributed by atoms with Gasteiger partial charge in [0.25, 0.3) is 0 Å². The van der Waals surface area contributed by atoms with Crippen molar-refractivity contribution in [2.75, 3.05) is 6.54 Å². The van der Waals surface area contributed by atoms with Crippen LogP contribution in [0.15, 0.2) is 12.3 Å². The summed E-state index contributed by atoms with van der Waals surface area (Å²) in [5, 5.41) is 3.02. The number of hydrogen-bond acceptors (Lipinski definition) is 2. The average Bonchev–Trinajstić information content (AvgIpc) is 2.77. The van der Waals surface area contributed by atoms with Crippen LogP contribution in [0.4, 0.5) is 0 Å². The molecule has 2 rings (SSSR count). The normalized spacial score (nSPS) is 22.0. The van der Waals surface area contributed by atoms with Crippen molar-refractivity contribution in [2.45, 2.75) is 59.5 Å². The molecule has 1 amide bonds. The molecule has 4 nitrogen and oxygen atoms in total. The van der Waals surface area contributed by atoms with E-state index in [0.717, 1.165) is 19.4 Å². The Labute approximate surface area is 128 Å². The fourth-order valence-electron chi connectivity index (χ4n) is 3.20. The quantitative estimate of drug-likeness (QED) is 0.896. The van der Waals surface area contributed by atoms with Crippen molar-refractivity contribution in [3.8, 4) is 0 Å². The van der Waals surface area contributed by atoms with Crippen molar-refractivity contribution >= 4 is 5.91 Å². The van der Waals surface area contributed by atoms with E-state index in [2.05, 4.69) is 43.6 Å². The first kappa shape index (κ1) is 16.1. The number of hydrogen-bond donors (Lipinski definition) is 2. The summed E-state index contributed by atoms with van der Waals surface area (Å²) in [6.45, 7) is 11.4. The molecule has 0 aromatic carbocycles. The molecule has 2 unspecified atom stereocenters. The third-order valence-corrected chi connectivity index (χ3v) is 4.36. The van der Waals surface area contributed by atoms with Gasteiger partial charge in [0.05, 0.1) is 0 Å². The molecule has 0 fully saturated rings. The van der Waals surface area contributed by atoms with E-state index >= 15 is 0 Å². The molecule has 3 N–H and O–H groups in total. The Hall–Kier alpha value is -1.29. The number of rotatable bonds is 4. The van der Waals surface area contributed by atoms with E-state index in [1.165, 1.54) is 11.3 Å². The minimum Gasteiger partial charge on any atom is -0.354 e. The van der Waals surface area contributed by atoms with Gasteiger partial charge in [-0.15, -0.1) is 0 Å². The van der Waals surface area contributed by atoms with Gasteiger partial charge in [0, 0.05) is 24.5 Å². The Bertz CT molecular complexity index is 516. The molecule has 1 aliphatic rings. The molecule has 1 aliphatic carbocycles. The lowest BCUT2D eigenvalue weighted by molar-refractivity contribution is -0.124. The second-order valence-electron chi connectivity index (χ2n) is 7.59. The van der Waals surface area contributed by atoms with Crippen molar-refractivity contribution in [3.05, 3.63) is 23.5 Å². The average molecular weight is 291 g/mol. The summed E-state index contributed by atoms with van der Waals surface area (Å²) in [6.07, 6.45) is 3.99. The van der Waals surface area contributed by atoms with Crippen LogP contribution < -0.4 is 11.1 Å². The summed E-state index contributed by atoms with van der Waals surface area (Å²) >= 11 is 0. The highest BCUT2D eigenvalue weighted by molar-refractivity contribution is 5.80. The molecule has 1 heterocycles. The van der Waals surface area contributed by atoms with Crippen LogP contribution in [0.25, 0.3) is 0 Å². The Morgan fingerprint density at radius 1 is 1.48 bits per heavy atom. The van der Waals surface area contributed by atoms with Gasteiger partial charge in [0.2, 0.25) is 5.91 Å². The second-order valence-corrected chi connectivity index (χ2v) is 7.59. The van der Waals surface area contributed by atoms with Crippen LogP contribution in [0.1, 0.15) is 64.4 Å². The lowest BCUT2D eigenvalue weighted by atomic mass is 9.74. The van der Waals surface area contributed by atoms with Gasteiger partial charge >= 0.3 is 0 Å². The maximum atomic E-state index is 12.3. The van der Waals surface area contributed by atoms with E-state index in [4.69, 9.17) is 5.73 Å². The first-order valence-electron chi connectivity index (χ1n) is 7.94. The lowest BCUT2D eigenvalue weighted by Gasteiger charge is -2.35. The number of amides is 1. The van der Waals surface area contributed by atoms with Crippen LogP contribution in [0.5, 0.6) is 0 Å². The number of carbonyl (C=O) groups excluding carboxylic acids is 1. The lowest BCUT2D eigenvalue weighted by Crippen LogP contribution is -2.36. The zero-order valence-electron chi connectivity index (χ0n) is 13.9. The first-order valence-corrected chi connectivity index (χ1v) is 7.94. The molecule has 1 aromatic rings. The van der Waals surface area contributed by atoms with Gasteiger partial charge in [0.15, 0.2) is 0 Å².